The minimum absolute atomic E-state index is 0.0993. The predicted octanol–water partition coefficient (Wildman–Crippen LogP) is 3.09. The Morgan fingerprint density at radius 1 is 1.32 bits per heavy atom. The Morgan fingerprint density at radius 2 is 2.00 bits per heavy atom. The molecular formula is C15H19ClN2O. The Hall–Kier alpha value is -1.16. The highest BCUT2D eigenvalue weighted by Gasteiger charge is 2.23. The number of hydrogen-bond acceptors (Lipinski definition) is 3. The SMILES string of the molecule is CN(Cc1cc2ccccc2nc1Cl)C(C)(C)CO. The van der Waals surface area contributed by atoms with Crippen molar-refractivity contribution < 1.29 is 5.11 Å². The van der Waals surface area contributed by atoms with Gasteiger partial charge in [0.1, 0.15) is 5.15 Å². The molecular weight excluding hydrogens is 260 g/mol. The molecule has 102 valence electrons. The van der Waals surface area contributed by atoms with Gasteiger partial charge in [0.05, 0.1) is 12.1 Å². The first-order valence-electron chi connectivity index (χ1n) is 6.30. The van der Waals surface area contributed by atoms with Crippen LogP contribution in [0.3, 0.4) is 0 Å². The zero-order chi connectivity index (χ0) is 14.0. The number of para-hydroxylation sites is 1. The van der Waals surface area contributed by atoms with E-state index in [2.05, 4.69) is 16.0 Å². The van der Waals surface area contributed by atoms with Crippen LogP contribution in [0.15, 0.2) is 30.3 Å². The Labute approximate surface area is 118 Å². The number of aromatic nitrogens is 1. The number of nitrogens with zero attached hydrogens (tertiary/aromatic N) is 2. The molecule has 0 bridgehead atoms. The lowest BCUT2D eigenvalue weighted by molar-refractivity contribution is 0.0734. The molecule has 0 unspecified atom stereocenters. The fraction of sp³-hybridized carbons (Fsp3) is 0.400. The number of halogens is 1. The van der Waals surface area contributed by atoms with Crippen LogP contribution in [0.2, 0.25) is 5.15 Å². The average Bonchev–Trinajstić information content (AvgIpc) is 2.39. The molecule has 0 saturated heterocycles. The lowest BCUT2D eigenvalue weighted by Gasteiger charge is -2.34. The van der Waals surface area contributed by atoms with Gasteiger partial charge in [0.2, 0.25) is 0 Å². The van der Waals surface area contributed by atoms with E-state index < -0.39 is 0 Å². The molecule has 1 aromatic heterocycles. The zero-order valence-electron chi connectivity index (χ0n) is 11.5. The third-order valence-corrected chi connectivity index (χ3v) is 3.91. The summed E-state index contributed by atoms with van der Waals surface area (Å²) in [6, 6.07) is 9.98. The van der Waals surface area contributed by atoms with E-state index in [-0.39, 0.29) is 12.1 Å². The Morgan fingerprint density at radius 3 is 2.68 bits per heavy atom. The first-order valence-corrected chi connectivity index (χ1v) is 6.68. The summed E-state index contributed by atoms with van der Waals surface area (Å²) in [5, 5.41) is 11.0. The normalized spacial score (nSPS) is 12.3. The molecule has 3 nitrogen and oxygen atoms in total. The topological polar surface area (TPSA) is 36.4 Å². The Bertz CT molecular complexity index is 583. The number of benzene rings is 1. The molecule has 1 aromatic carbocycles. The van der Waals surface area contributed by atoms with Crippen LogP contribution in [0.1, 0.15) is 19.4 Å². The second kappa shape index (κ2) is 5.45. The van der Waals surface area contributed by atoms with Crippen molar-refractivity contribution in [3.8, 4) is 0 Å². The maximum absolute atomic E-state index is 9.39. The minimum Gasteiger partial charge on any atom is -0.394 e. The summed E-state index contributed by atoms with van der Waals surface area (Å²) in [4.78, 5) is 6.49. The summed E-state index contributed by atoms with van der Waals surface area (Å²) in [7, 11) is 1.97. The summed E-state index contributed by atoms with van der Waals surface area (Å²) in [5.41, 5.74) is 1.60. The van der Waals surface area contributed by atoms with Gasteiger partial charge < -0.3 is 5.11 Å². The molecule has 1 heterocycles. The number of fused-ring (bicyclic) bond motifs is 1. The summed E-state index contributed by atoms with van der Waals surface area (Å²) in [6.07, 6.45) is 0. The summed E-state index contributed by atoms with van der Waals surface area (Å²) < 4.78 is 0. The van der Waals surface area contributed by atoms with E-state index in [0.29, 0.717) is 11.7 Å². The minimum atomic E-state index is -0.283. The summed E-state index contributed by atoms with van der Waals surface area (Å²) in [6.45, 7) is 4.75. The van der Waals surface area contributed by atoms with Crippen LogP contribution in [0, 0.1) is 0 Å². The highest BCUT2D eigenvalue weighted by atomic mass is 35.5. The highest BCUT2D eigenvalue weighted by Crippen LogP contribution is 2.23. The van der Waals surface area contributed by atoms with E-state index in [4.69, 9.17) is 11.6 Å². The quantitative estimate of drug-likeness (QED) is 0.873. The van der Waals surface area contributed by atoms with Crippen molar-refractivity contribution in [1.29, 1.82) is 0 Å². The third kappa shape index (κ3) is 3.06. The maximum Gasteiger partial charge on any atom is 0.134 e. The van der Waals surface area contributed by atoms with Gasteiger partial charge in [-0.05, 0) is 33.0 Å². The van der Waals surface area contributed by atoms with E-state index in [1.54, 1.807) is 0 Å². The molecule has 0 amide bonds. The molecule has 0 spiro atoms. The third-order valence-electron chi connectivity index (χ3n) is 3.58. The van der Waals surface area contributed by atoms with Gasteiger partial charge in [-0.3, -0.25) is 4.90 Å². The lowest BCUT2D eigenvalue weighted by atomic mass is 10.0. The van der Waals surface area contributed by atoms with Gasteiger partial charge in [-0.15, -0.1) is 0 Å². The first kappa shape index (κ1) is 14.3. The van der Waals surface area contributed by atoms with Crippen molar-refractivity contribution in [1.82, 2.24) is 9.88 Å². The lowest BCUT2D eigenvalue weighted by Crippen LogP contribution is -2.43. The molecule has 0 radical (unpaired) electrons. The smallest absolute Gasteiger partial charge is 0.134 e. The fourth-order valence-electron chi connectivity index (χ4n) is 1.84. The average molecular weight is 279 g/mol. The molecule has 0 saturated carbocycles. The van der Waals surface area contributed by atoms with Gasteiger partial charge in [-0.2, -0.15) is 0 Å². The van der Waals surface area contributed by atoms with Crippen LogP contribution in [-0.2, 0) is 6.54 Å². The van der Waals surface area contributed by atoms with Gasteiger partial charge in [0.25, 0.3) is 0 Å². The second-order valence-electron chi connectivity index (χ2n) is 5.46. The van der Waals surface area contributed by atoms with Gasteiger partial charge >= 0.3 is 0 Å². The van der Waals surface area contributed by atoms with Crippen molar-refractivity contribution in [2.45, 2.75) is 25.9 Å². The number of rotatable bonds is 4. The largest absolute Gasteiger partial charge is 0.394 e. The second-order valence-corrected chi connectivity index (χ2v) is 5.82. The number of pyridine rings is 1. The number of likely N-dealkylation sites (N-methyl/N-ethyl adjacent to an activating group) is 1. The van der Waals surface area contributed by atoms with Gasteiger partial charge in [-0.25, -0.2) is 4.98 Å². The molecule has 0 fully saturated rings. The standard InChI is InChI=1S/C15H19ClN2O/c1-15(2,10-19)18(3)9-12-8-11-6-4-5-7-13(11)17-14(12)16/h4-8,19H,9-10H2,1-3H3. The van der Waals surface area contributed by atoms with Crippen LogP contribution in [0.4, 0.5) is 0 Å². The predicted molar refractivity (Wildman–Crippen MR) is 79.4 cm³/mol. The van der Waals surface area contributed by atoms with Crippen molar-refractivity contribution in [2.75, 3.05) is 13.7 Å². The summed E-state index contributed by atoms with van der Waals surface area (Å²) in [5.74, 6) is 0. The van der Waals surface area contributed by atoms with Crippen molar-refractivity contribution >= 4 is 22.5 Å². The van der Waals surface area contributed by atoms with Gasteiger partial charge in [0.15, 0.2) is 0 Å². The van der Waals surface area contributed by atoms with E-state index in [1.165, 1.54) is 0 Å². The van der Waals surface area contributed by atoms with Crippen LogP contribution in [0.25, 0.3) is 10.9 Å². The van der Waals surface area contributed by atoms with E-state index in [9.17, 15) is 5.11 Å². The highest BCUT2D eigenvalue weighted by molar-refractivity contribution is 6.30. The molecule has 0 aliphatic heterocycles. The van der Waals surface area contributed by atoms with Crippen LogP contribution < -0.4 is 0 Å². The molecule has 1 N–H and O–H groups in total. The number of hydrogen-bond donors (Lipinski definition) is 1. The van der Waals surface area contributed by atoms with Gasteiger partial charge in [0, 0.05) is 23.0 Å². The van der Waals surface area contributed by atoms with Crippen LogP contribution >= 0.6 is 11.6 Å². The number of aliphatic hydroxyl groups excluding tert-OH is 1. The monoisotopic (exact) mass is 278 g/mol. The summed E-state index contributed by atoms with van der Waals surface area (Å²) >= 11 is 6.24. The molecule has 4 heteroatoms. The molecule has 0 aliphatic carbocycles. The van der Waals surface area contributed by atoms with Crippen LogP contribution in [0.5, 0.6) is 0 Å². The molecule has 19 heavy (non-hydrogen) atoms. The first-order chi connectivity index (χ1) is 8.94. The maximum atomic E-state index is 9.39. The fourth-order valence-corrected chi connectivity index (χ4v) is 2.04. The van der Waals surface area contributed by atoms with E-state index in [0.717, 1.165) is 16.5 Å². The molecule has 2 rings (SSSR count). The zero-order valence-corrected chi connectivity index (χ0v) is 12.3. The van der Waals surface area contributed by atoms with Crippen LogP contribution in [-0.4, -0.2) is 34.2 Å². The Balaban J connectivity index is 2.33. The van der Waals surface area contributed by atoms with Crippen molar-refractivity contribution in [3.05, 3.63) is 41.0 Å². The Kier molecular flexibility index (Phi) is 4.09. The van der Waals surface area contributed by atoms with Gasteiger partial charge in [-0.1, -0.05) is 29.8 Å². The molecule has 0 atom stereocenters. The molecule has 2 aromatic rings. The van der Waals surface area contributed by atoms with E-state index in [1.807, 2.05) is 45.2 Å². The molecule has 0 aliphatic rings. The van der Waals surface area contributed by atoms with Crippen molar-refractivity contribution in [3.63, 3.8) is 0 Å². The van der Waals surface area contributed by atoms with Crippen molar-refractivity contribution in [2.24, 2.45) is 0 Å². The van der Waals surface area contributed by atoms with E-state index >= 15 is 0 Å². The number of aliphatic hydroxyl groups is 1.